The molecule has 0 spiro atoms. The molecular formula is C13H15N3O. The molecule has 4 heteroatoms. The zero-order valence-electron chi connectivity index (χ0n) is 10.2. The molecule has 0 radical (unpaired) electrons. The predicted octanol–water partition coefficient (Wildman–Crippen LogP) is 2.29. The van der Waals surface area contributed by atoms with Crippen molar-refractivity contribution in [3.63, 3.8) is 0 Å². The molecule has 0 atom stereocenters. The van der Waals surface area contributed by atoms with Gasteiger partial charge in [0.25, 0.3) is 5.91 Å². The lowest BCUT2D eigenvalue weighted by molar-refractivity contribution is 0.102. The Balaban J connectivity index is 2.23. The number of carbonyl (C=O) groups excluding carboxylic acids is 1. The van der Waals surface area contributed by atoms with Crippen molar-refractivity contribution in [3.8, 4) is 0 Å². The van der Waals surface area contributed by atoms with E-state index >= 15 is 0 Å². The largest absolute Gasteiger partial charge is 0.305 e. The van der Waals surface area contributed by atoms with Crippen LogP contribution in [0, 0.1) is 13.8 Å². The molecule has 0 saturated heterocycles. The van der Waals surface area contributed by atoms with Gasteiger partial charge in [-0.1, -0.05) is 12.1 Å². The molecule has 88 valence electrons. The van der Waals surface area contributed by atoms with Crippen molar-refractivity contribution in [1.29, 1.82) is 0 Å². The van der Waals surface area contributed by atoms with Crippen LogP contribution in [0.15, 0.2) is 30.5 Å². The fourth-order valence-electron chi connectivity index (χ4n) is 1.66. The van der Waals surface area contributed by atoms with E-state index in [0.717, 1.165) is 11.1 Å². The molecule has 0 saturated carbocycles. The summed E-state index contributed by atoms with van der Waals surface area (Å²) < 4.78 is 1.65. The summed E-state index contributed by atoms with van der Waals surface area (Å²) in [5.74, 6) is 0.448. The molecule has 1 aromatic heterocycles. The lowest BCUT2D eigenvalue weighted by Gasteiger charge is -2.07. The summed E-state index contributed by atoms with van der Waals surface area (Å²) in [5.41, 5.74) is 2.80. The van der Waals surface area contributed by atoms with Crippen molar-refractivity contribution in [2.75, 3.05) is 5.32 Å². The Hall–Kier alpha value is -2.10. The Morgan fingerprint density at radius 2 is 2.06 bits per heavy atom. The van der Waals surface area contributed by atoms with E-state index in [-0.39, 0.29) is 5.91 Å². The van der Waals surface area contributed by atoms with Gasteiger partial charge in [-0.3, -0.25) is 9.48 Å². The van der Waals surface area contributed by atoms with Gasteiger partial charge in [0.15, 0.2) is 5.82 Å². The van der Waals surface area contributed by atoms with Gasteiger partial charge in [0.05, 0.1) is 0 Å². The third-order valence-corrected chi connectivity index (χ3v) is 2.80. The Morgan fingerprint density at radius 3 is 2.71 bits per heavy atom. The van der Waals surface area contributed by atoms with E-state index < -0.39 is 0 Å². The van der Waals surface area contributed by atoms with Gasteiger partial charge in [-0.2, -0.15) is 5.10 Å². The lowest BCUT2D eigenvalue weighted by Crippen LogP contribution is -2.14. The quantitative estimate of drug-likeness (QED) is 0.858. The first-order valence-corrected chi connectivity index (χ1v) is 5.45. The number of carbonyl (C=O) groups is 1. The van der Waals surface area contributed by atoms with E-state index in [1.165, 1.54) is 0 Å². The Labute approximate surface area is 100 Å². The second-order valence-electron chi connectivity index (χ2n) is 4.08. The average Bonchev–Trinajstić information content (AvgIpc) is 2.68. The van der Waals surface area contributed by atoms with Gasteiger partial charge in [-0.05, 0) is 31.0 Å². The van der Waals surface area contributed by atoms with Crippen molar-refractivity contribution in [2.24, 2.45) is 7.05 Å². The highest BCUT2D eigenvalue weighted by Gasteiger charge is 2.11. The molecule has 17 heavy (non-hydrogen) atoms. The first kappa shape index (κ1) is 11.4. The molecule has 2 rings (SSSR count). The van der Waals surface area contributed by atoms with Crippen molar-refractivity contribution in [2.45, 2.75) is 13.8 Å². The van der Waals surface area contributed by atoms with Gasteiger partial charge < -0.3 is 5.32 Å². The van der Waals surface area contributed by atoms with Crippen LogP contribution in [0.3, 0.4) is 0 Å². The standard InChI is InChI=1S/C13H15N3O/c1-9-5-4-6-11(10(9)2)13(17)14-12-7-8-16(3)15-12/h4-8H,1-3H3,(H,14,15,17). The molecule has 0 bridgehead atoms. The van der Waals surface area contributed by atoms with Crippen molar-refractivity contribution < 1.29 is 4.79 Å². The number of nitrogens with one attached hydrogen (secondary N) is 1. The number of nitrogens with zero attached hydrogens (tertiary/aromatic N) is 2. The van der Waals surface area contributed by atoms with Crippen LogP contribution in [0.1, 0.15) is 21.5 Å². The van der Waals surface area contributed by atoms with E-state index in [4.69, 9.17) is 0 Å². The fraction of sp³-hybridized carbons (Fsp3) is 0.231. The Morgan fingerprint density at radius 1 is 1.29 bits per heavy atom. The molecule has 0 unspecified atom stereocenters. The van der Waals surface area contributed by atoms with Crippen LogP contribution in [0.5, 0.6) is 0 Å². The molecule has 0 aliphatic carbocycles. The number of hydrogen-bond donors (Lipinski definition) is 1. The molecule has 1 heterocycles. The minimum absolute atomic E-state index is 0.120. The number of amides is 1. The van der Waals surface area contributed by atoms with E-state index in [1.54, 1.807) is 16.9 Å². The molecule has 1 amide bonds. The highest BCUT2D eigenvalue weighted by atomic mass is 16.1. The zero-order valence-corrected chi connectivity index (χ0v) is 10.2. The minimum atomic E-state index is -0.120. The number of benzene rings is 1. The maximum atomic E-state index is 12.0. The van der Waals surface area contributed by atoms with Crippen LogP contribution in [0.4, 0.5) is 5.82 Å². The van der Waals surface area contributed by atoms with Crippen molar-refractivity contribution in [3.05, 3.63) is 47.2 Å². The van der Waals surface area contributed by atoms with Crippen LogP contribution < -0.4 is 5.32 Å². The molecular weight excluding hydrogens is 214 g/mol. The third kappa shape index (κ3) is 2.36. The van der Waals surface area contributed by atoms with Crippen LogP contribution in [-0.2, 0) is 7.05 Å². The number of rotatable bonds is 2. The summed E-state index contributed by atoms with van der Waals surface area (Å²) in [6.07, 6.45) is 1.79. The molecule has 0 fully saturated rings. The van der Waals surface area contributed by atoms with Crippen LogP contribution >= 0.6 is 0 Å². The lowest BCUT2D eigenvalue weighted by atomic mass is 10.0. The predicted molar refractivity (Wildman–Crippen MR) is 67.1 cm³/mol. The van der Waals surface area contributed by atoms with E-state index in [1.807, 2.05) is 39.1 Å². The van der Waals surface area contributed by atoms with Gasteiger partial charge in [0, 0.05) is 24.9 Å². The summed E-state index contributed by atoms with van der Waals surface area (Å²) in [5, 5.41) is 6.89. The van der Waals surface area contributed by atoms with E-state index in [2.05, 4.69) is 10.4 Å². The molecule has 4 nitrogen and oxygen atoms in total. The maximum Gasteiger partial charge on any atom is 0.257 e. The summed E-state index contributed by atoms with van der Waals surface area (Å²) in [4.78, 5) is 12.0. The van der Waals surface area contributed by atoms with Crippen LogP contribution in [-0.4, -0.2) is 15.7 Å². The SMILES string of the molecule is Cc1cccc(C(=O)Nc2ccn(C)n2)c1C. The third-order valence-electron chi connectivity index (χ3n) is 2.80. The Bertz CT molecular complexity index is 558. The molecule has 1 aromatic carbocycles. The molecule has 2 aromatic rings. The normalized spacial score (nSPS) is 10.3. The van der Waals surface area contributed by atoms with Gasteiger partial charge in [0.1, 0.15) is 0 Å². The van der Waals surface area contributed by atoms with Crippen LogP contribution in [0.25, 0.3) is 0 Å². The minimum Gasteiger partial charge on any atom is -0.305 e. The summed E-state index contributed by atoms with van der Waals surface area (Å²) >= 11 is 0. The summed E-state index contributed by atoms with van der Waals surface area (Å²) in [6.45, 7) is 3.94. The van der Waals surface area contributed by atoms with E-state index in [9.17, 15) is 4.79 Å². The summed E-state index contributed by atoms with van der Waals surface area (Å²) in [6, 6.07) is 7.46. The second kappa shape index (κ2) is 4.41. The first-order chi connectivity index (χ1) is 8.08. The van der Waals surface area contributed by atoms with Gasteiger partial charge in [-0.15, -0.1) is 0 Å². The summed E-state index contributed by atoms with van der Waals surface area (Å²) in [7, 11) is 1.81. The molecule has 0 aliphatic heterocycles. The smallest absolute Gasteiger partial charge is 0.257 e. The van der Waals surface area contributed by atoms with Crippen molar-refractivity contribution in [1.82, 2.24) is 9.78 Å². The molecule has 0 aliphatic rings. The first-order valence-electron chi connectivity index (χ1n) is 5.45. The average molecular weight is 229 g/mol. The van der Waals surface area contributed by atoms with E-state index in [0.29, 0.717) is 11.4 Å². The monoisotopic (exact) mass is 229 g/mol. The zero-order chi connectivity index (χ0) is 12.4. The molecule has 1 N–H and O–H groups in total. The highest BCUT2D eigenvalue weighted by molar-refractivity contribution is 6.04. The second-order valence-corrected chi connectivity index (χ2v) is 4.08. The topological polar surface area (TPSA) is 46.9 Å². The van der Waals surface area contributed by atoms with Gasteiger partial charge >= 0.3 is 0 Å². The number of aryl methyl sites for hydroxylation is 2. The fourth-order valence-corrected chi connectivity index (χ4v) is 1.66. The maximum absolute atomic E-state index is 12.0. The number of anilines is 1. The van der Waals surface area contributed by atoms with Crippen molar-refractivity contribution >= 4 is 11.7 Å². The highest BCUT2D eigenvalue weighted by Crippen LogP contribution is 2.14. The number of aromatic nitrogens is 2. The Kier molecular flexibility index (Phi) is 2.95. The number of hydrogen-bond acceptors (Lipinski definition) is 2. The van der Waals surface area contributed by atoms with Gasteiger partial charge in [0.2, 0.25) is 0 Å². The van der Waals surface area contributed by atoms with Gasteiger partial charge in [-0.25, -0.2) is 0 Å². The van der Waals surface area contributed by atoms with Crippen LogP contribution in [0.2, 0.25) is 0 Å².